The normalized spacial score (nSPS) is 17.2. The quantitative estimate of drug-likeness (QED) is 0.485. The van der Waals surface area contributed by atoms with E-state index in [1.807, 2.05) is 0 Å². The molecule has 1 saturated heterocycles. The van der Waals surface area contributed by atoms with Gasteiger partial charge in [-0.2, -0.15) is 0 Å². The Labute approximate surface area is 103 Å². The number of rotatable bonds is 7. The zero-order valence-electron chi connectivity index (χ0n) is 10.4. The van der Waals surface area contributed by atoms with Crippen molar-refractivity contribution >= 4 is 5.91 Å². The van der Waals surface area contributed by atoms with E-state index in [-0.39, 0.29) is 5.91 Å². The monoisotopic (exact) mass is 241 g/mol. The van der Waals surface area contributed by atoms with Gasteiger partial charge in [-0.25, -0.2) is 0 Å². The molecule has 98 valence electrons. The summed E-state index contributed by atoms with van der Waals surface area (Å²) in [6, 6.07) is 0. The molecule has 2 N–H and O–H groups in total. The molecule has 1 rings (SSSR count). The summed E-state index contributed by atoms with van der Waals surface area (Å²) in [5, 5.41) is 6.21. The molecule has 17 heavy (non-hydrogen) atoms. The number of nitrogens with one attached hydrogen (secondary N) is 2. The Kier molecular flexibility index (Phi) is 7.42. The van der Waals surface area contributed by atoms with Crippen molar-refractivity contribution in [2.75, 3.05) is 45.9 Å². The lowest BCUT2D eigenvalue weighted by molar-refractivity contribution is -0.122. The lowest BCUT2D eigenvalue weighted by Gasteiger charge is -2.18. The van der Waals surface area contributed by atoms with Gasteiger partial charge in [0.25, 0.3) is 0 Å². The minimum atomic E-state index is 0.102. The summed E-state index contributed by atoms with van der Waals surface area (Å²) < 4.78 is 4.98. The number of carbonyl (C=O) groups is 1. The summed E-state index contributed by atoms with van der Waals surface area (Å²) in [6.07, 6.45) is 3.35. The van der Waals surface area contributed by atoms with Crippen molar-refractivity contribution in [3.05, 3.63) is 12.8 Å². The molecular formula is C12H23N3O2. The maximum Gasteiger partial charge on any atom is 0.234 e. The summed E-state index contributed by atoms with van der Waals surface area (Å²) in [5.41, 5.74) is 0. The van der Waals surface area contributed by atoms with Gasteiger partial charge < -0.3 is 15.4 Å². The first-order valence-electron chi connectivity index (χ1n) is 6.25. The van der Waals surface area contributed by atoms with E-state index in [0.717, 1.165) is 39.0 Å². The maximum absolute atomic E-state index is 11.6. The van der Waals surface area contributed by atoms with Gasteiger partial charge in [0.15, 0.2) is 0 Å². The minimum Gasteiger partial charge on any atom is -0.502 e. The van der Waals surface area contributed by atoms with Crippen molar-refractivity contribution in [3.63, 3.8) is 0 Å². The molecule has 0 radical (unpaired) electrons. The lowest BCUT2D eigenvalue weighted by Crippen LogP contribution is -2.39. The summed E-state index contributed by atoms with van der Waals surface area (Å²) in [5.74, 6) is 0.102. The van der Waals surface area contributed by atoms with Crippen LogP contribution in [0.4, 0.5) is 0 Å². The number of hydrogen-bond acceptors (Lipinski definition) is 4. The Morgan fingerprint density at radius 2 is 2.35 bits per heavy atom. The molecule has 1 heterocycles. The third kappa shape index (κ3) is 6.97. The highest BCUT2D eigenvalue weighted by molar-refractivity contribution is 5.77. The molecule has 0 aromatic heterocycles. The van der Waals surface area contributed by atoms with Crippen LogP contribution >= 0.6 is 0 Å². The Hall–Kier alpha value is -1.07. The van der Waals surface area contributed by atoms with Crippen LogP contribution < -0.4 is 10.6 Å². The molecular weight excluding hydrogens is 218 g/mol. The van der Waals surface area contributed by atoms with Crippen molar-refractivity contribution in [2.45, 2.75) is 12.8 Å². The van der Waals surface area contributed by atoms with E-state index in [1.54, 1.807) is 0 Å². The van der Waals surface area contributed by atoms with E-state index in [2.05, 4.69) is 22.1 Å². The van der Waals surface area contributed by atoms with Crippen LogP contribution in [0, 0.1) is 0 Å². The van der Waals surface area contributed by atoms with Gasteiger partial charge in [0.1, 0.15) is 0 Å². The van der Waals surface area contributed by atoms with Gasteiger partial charge in [0.05, 0.1) is 19.4 Å². The second kappa shape index (κ2) is 9.01. The second-order valence-corrected chi connectivity index (χ2v) is 4.12. The first-order valence-corrected chi connectivity index (χ1v) is 6.25. The highest BCUT2D eigenvalue weighted by Crippen LogP contribution is 1.94. The molecule has 1 fully saturated rings. The molecule has 0 aliphatic carbocycles. The fraction of sp³-hybridized carbons (Fsp3) is 0.750. The van der Waals surface area contributed by atoms with Crippen LogP contribution in [0.1, 0.15) is 12.8 Å². The van der Waals surface area contributed by atoms with Gasteiger partial charge in [-0.15, -0.1) is 0 Å². The summed E-state index contributed by atoms with van der Waals surface area (Å²) in [7, 11) is 0. The van der Waals surface area contributed by atoms with Crippen LogP contribution in [0.5, 0.6) is 0 Å². The minimum absolute atomic E-state index is 0.102. The Bertz CT molecular complexity index is 226. The highest BCUT2D eigenvalue weighted by atomic mass is 16.5. The summed E-state index contributed by atoms with van der Waals surface area (Å²) in [4.78, 5) is 13.8. The van der Waals surface area contributed by atoms with Crippen LogP contribution in [0.2, 0.25) is 0 Å². The number of nitrogens with zero attached hydrogens (tertiary/aromatic N) is 1. The van der Waals surface area contributed by atoms with Gasteiger partial charge in [-0.05, 0) is 25.9 Å². The van der Waals surface area contributed by atoms with Crippen molar-refractivity contribution in [1.29, 1.82) is 0 Å². The molecule has 0 unspecified atom stereocenters. The van der Waals surface area contributed by atoms with E-state index in [0.29, 0.717) is 19.7 Å². The third-order valence-electron chi connectivity index (χ3n) is 2.68. The highest BCUT2D eigenvalue weighted by Gasteiger charge is 2.11. The Morgan fingerprint density at radius 1 is 1.47 bits per heavy atom. The fourth-order valence-electron chi connectivity index (χ4n) is 1.79. The van der Waals surface area contributed by atoms with E-state index < -0.39 is 0 Å². The predicted molar refractivity (Wildman–Crippen MR) is 67.7 cm³/mol. The van der Waals surface area contributed by atoms with Crippen LogP contribution in [-0.4, -0.2) is 56.7 Å². The largest absolute Gasteiger partial charge is 0.502 e. The Balaban J connectivity index is 2.04. The average molecular weight is 241 g/mol. The number of carbonyl (C=O) groups excluding carboxylic acids is 1. The van der Waals surface area contributed by atoms with Crippen LogP contribution in [0.15, 0.2) is 12.8 Å². The molecule has 0 bridgehead atoms. The van der Waals surface area contributed by atoms with Gasteiger partial charge in [-0.3, -0.25) is 9.69 Å². The first-order chi connectivity index (χ1) is 8.33. The second-order valence-electron chi connectivity index (χ2n) is 4.12. The molecule has 5 nitrogen and oxygen atoms in total. The molecule has 1 aliphatic rings. The van der Waals surface area contributed by atoms with Crippen LogP contribution in [-0.2, 0) is 9.53 Å². The molecule has 0 atom stereocenters. The number of ether oxygens (including phenoxy) is 1. The third-order valence-corrected chi connectivity index (χ3v) is 2.68. The molecule has 1 amide bonds. The van der Waals surface area contributed by atoms with Crippen molar-refractivity contribution in [2.24, 2.45) is 0 Å². The maximum atomic E-state index is 11.6. The number of amides is 1. The Morgan fingerprint density at radius 3 is 3.18 bits per heavy atom. The zero-order valence-corrected chi connectivity index (χ0v) is 10.4. The molecule has 0 aromatic carbocycles. The van der Waals surface area contributed by atoms with E-state index in [1.165, 1.54) is 6.26 Å². The van der Waals surface area contributed by atoms with Gasteiger partial charge in [0.2, 0.25) is 5.91 Å². The molecule has 0 aromatic rings. The van der Waals surface area contributed by atoms with Gasteiger partial charge >= 0.3 is 0 Å². The number of hydrogen-bond donors (Lipinski definition) is 2. The van der Waals surface area contributed by atoms with Crippen molar-refractivity contribution in [1.82, 2.24) is 15.5 Å². The predicted octanol–water partition coefficient (Wildman–Crippen LogP) is -0.0519. The molecule has 0 spiro atoms. The summed E-state index contributed by atoms with van der Waals surface area (Å²) in [6.45, 7) is 9.21. The molecule has 0 saturated carbocycles. The van der Waals surface area contributed by atoms with Crippen LogP contribution in [0.3, 0.4) is 0 Å². The standard InChI is InChI=1S/C12H23N3O2/c1-2-17-10-4-6-14-12(16)11-15-8-3-5-13-7-9-15/h2,13H,1,3-11H2,(H,14,16). The van der Waals surface area contributed by atoms with Crippen LogP contribution in [0.25, 0.3) is 0 Å². The van der Waals surface area contributed by atoms with E-state index >= 15 is 0 Å². The van der Waals surface area contributed by atoms with E-state index in [9.17, 15) is 4.79 Å². The van der Waals surface area contributed by atoms with Crippen molar-refractivity contribution in [3.8, 4) is 0 Å². The van der Waals surface area contributed by atoms with Crippen molar-refractivity contribution < 1.29 is 9.53 Å². The topological polar surface area (TPSA) is 53.6 Å². The van der Waals surface area contributed by atoms with Gasteiger partial charge in [-0.1, -0.05) is 6.58 Å². The summed E-state index contributed by atoms with van der Waals surface area (Å²) >= 11 is 0. The molecule has 5 heteroatoms. The SMILES string of the molecule is C=COCCCNC(=O)CN1CCCNCC1. The average Bonchev–Trinajstić information content (AvgIpc) is 2.57. The van der Waals surface area contributed by atoms with Gasteiger partial charge in [0, 0.05) is 19.6 Å². The van der Waals surface area contributed by atoms with E-state index in [4.69, 9.17) is 4.74 Å². The molecule has 1 aliphatic heterocycles. The lowest BCUT2D eigenvalue weighted by atomic mass is 10.3. The zero-order chi connectivity index (χ0) is 12.3. The smallest absolute Gasteiger partial charge is 0.234 e. The first kappa shape index (κ1) is 14.0. The fourth-order valence-corrected chi connectivity index (χ4v) is 1.79.